The Morgan fingerprint density at radius 1 is 1.32 bits per heavy atom. The van der Waals surface area contributed by atoms with Gasteiger partial charge in [-0.3, -0.25) is 0 Å². The molecule has 0 saturated heterocycles. The average Bonchev–Trinajstić information content (AvgIpc) is 2.45. The van der Waals surface area contributed by atoms with Crippen molar-refractivity contribution in [2.24, 2.45) is 0 Å². The van der Waals surface area contributed by atoms with Crippen molar-refractivity contribution >= 4 is 5.69 Å². The second-order valence-electron chi connectivity index (χ2n) is 3.81. The Labute approximate surface area is 109 Å². The summed E-state index contributed by atoms with van der Waals surface area (Å²) in [6.45, 7) is 0.165. The van der Waals surface area contributed by atoms with Gasteiger partial charge in [-0.15, -0.1) is 0 Å². The zero-order valence-electron chi connectivity index (χ0n) is 10.1. The Morgan fingerprint density at radius 3 is 2.68 bits per heavy atom. The Hall–Kier alpha value is -2.58. The molecule has 0 spiro atoms. The molecule has 5 nitrogen and oxygen atoms in total. The van der Waals surface area contributed by atoms with Crippen LogP contribution in [0.1, 0.15) is 5.56 Å². The predicted octanol–water partition coefficient (Wildman–Crippen LogP) is 1.58. The highest BCUT2D eigenvalue weighted by Gasteiger charge is 2.12. The van der Waals surface area contributed by atoms with E-state index in [-0.39, 0.29) is 18.7 Å². The predicted molar refractivity (Wildman–Crippen MR) is 70.7 cm³/mol. The van der Waals surface area contributed by atoms with Crippen LogP contribution in [0.15, 0.2) is 45.6 Å². The van der Waals surface area contributed by atoms with Gasteiger partial charge in [0.05, 0.1) is 12.3 Å². The first-order valence-electron chi connectivity index (χ1n) is 5.74. The number of nitrogens with one attached hydrogen (secondary N) is 1. The van der Waals surface area contributed by atoms with E-state index in [1.165, 1.54) is 0 Å². The summed E-state index contributed by atoms with van der Waals surface area (Å²) >= 11 is 0. The van der Waals surface area contributed by atoms with Crippen molar-refractivity contribution in [2.75, 3.05) is 18.5 Å². The molecule has 0 fully saturated rings. The summed E-state index contributed by atoms with van der Waals surface area (Å²) in [7, 11) is 0. The van der Waals surface area contributed by atoms with Gasteiger partial charge >= 0.3 is 5.63 Å². The highest BCUT2D eigenvalue weighted by Crippen LogP contribution is 2.22. The van der Waals surface area contributed by atoms with Crippen LogP contribution >= 0.6 is 0 Å². The van der Waals surface area contributed by atoms with Gasteiger partial charge in [0.2, 0.25) is 0 Å². The second kappa shape index (κ2) is 5.85. The summed E-state index contributed by atoms with van der Waals surface area (Å²) in [5, 5.41) is 20.6. The molecule has 0 aliphatic carbocycles. The molecule has 1 aromatic carbocycles. The van der Waals surface area contributed by atoms with Gasteiger partial charge in [0.15, 0.2) is 5.56 Å². The van der Waals surface area contributed by atoms with Crippen LogP contribution in [-0.4, -0.2) is 18.3 Å². The molecule has 0 aliphatic rings. The molecular weight excluding hydrogens is 244 g/mol. The van der Waals surface area contributed by atoms with Crippen LogP contribution in [0.4, 0.5) is 5.69 Å². The smallest absolute Gasteiger partial charge is 0.356 e. The van der Waals surface area contributed by atoms with E-state index in [0.717, 1.165) is 5.56 Å². The van der Waals surface area contributed by atoms with E-state index in [2.05, 4.69) is 5.32 Å². The third-order valence-electron chi connectivity index (χ3n) is 2.55. The molecule has 19 heavy (non-hydrogen) atoms. The van der Waals surface area contributed by atoms with Crippen LogP contribution in [0, 0.1) is 11.3 Å². The molecule has 5 heteroatoms. The minimum atomic E-state index is -0.690. The Bertz CT molecular complexity index is 657. The molecule has 0 amide bonds. The van der Waals surface area contributed by atoms with Crippen molar-refractivity contribution in [3.05, 3.63) is 52.4 Å². The molecule has 2 aromatic rings. The van der Waals surface area contributed by atoms with Gasteiger partial charge in [-0.05, 0) is 0 Å². The molecular formula is C14H12N2O3. The average molecular weight is 256 g/mol. The lowest BCUT2D eigenvalue weighted by molar-refractivity contribution is 0.311. The maximum Gasteiger partial charge on any atom is 0.356 e. The summed E-state index contributed by atoms with van der Waals surface area (Å²) < 4.78 is 5.13. The molecule has 0 saturated carbocycles. The standard InChI is InChI=1S/C14H12N2O3/c15-9-11-12(16-6-7-17)8-13(19-14(11)18)10-4-2-1-3-5-10/h1-5,8,16-17H,6-7H2. The molecule has 1 heterocycles. The fraction of sp³-hybridized carbons (Fsp3) is 0.143. The SMILES string of the molecule is N#Cc1c(NCCO)cc(-c2ccccc2)oc1=O. The third kappa shape index (κ3) is 2.81. The van der Waals surface area contributed by atoms with E-state index in [9.17, 15) is 4.79 Å². The summed E-state index contributed by atoms with van der Waals surface area (Å²) in [5.41, 5.74) is 0.334. The zero-order chi connectivity index (χ0) is 13.7. The second-order valence-corrected chi connectivity index (χ2v) is 3.81. The van der Waals surface area contributed by atoms with Gasteiger partial charge < -0.3 is 14.8 Å². The third-order valence-corrected chi connectivity index (χ3v) is 2.55. The van der Waals surface area contributed by atoms with Gasteiger partial charge in [0.25, 0.3) is 0 Å². The van der Waals surface area contributed by atoms with Crippen LogP contribution < -0.4 is 10.9 Å². The summed E-state index contributed by atoms with van der Waals surface area (Å²) in [5.74, 6) is 0.380. The van der Waals surface area contributed by atoms with E-state index in [4.69, 9.17) is 14.8 Å². The van der Waals surface area contributed by atoms with Crippen LogP contribution in [0.25, 0.3) is 11.3 Å². The lowest BCUT2D eigenvalue weighted by Gasteiger charge is -2.07. The van der Waals surface area contributed by atoms with E-state index in [0.29, 0.717) is 11.4 Å². The minimum absolute atomic E-state index is 0.0897. The first-order valence-corrected chi connectivity index (χ1v) is 5.74. The highest BCUT2D eigenvalue weighted by molar-refractivity contribution is 5.66. The molecule has 1 aromatic heterocycles. The van der Waals surface area contributed by atoms with E-state index < -0.39 is 5.63 Å². The number of hydrogen-bond donors (Lipinski definition) is 2. The zero-order valence-corrected chi connectivity index (χ0v) is 10.1. The van der Waals surface area contributed by atoms with Gasteiger partial charge in [-0.25, -0.2) is 4.79 Å². The Kier molecular flexibility index (Phi) is 3.96. The topological polar surface area (TPSA) is 86.3 Å². The first kappa shape index (κ1) is 12.9. The molecule has 96 valence electrons. The van der Waals surface area contributed by atoms with Crippen molar-refractivity contribution in [1.29, 1.82) is 5.26 Å². The quantitative estimate of drug-likeness (QED) is 0.867. The summed E-state index contributed by atoms with van der Waals surface area (Å²) in [6, 6.07) is 12.5. The van der Waals surface area contributed by atoms with Crippen LogP contribution in [0.2, 0.25) is 0 Å². The molecule has 0 unspecified atom stereocenters. The molecule has 0 bridgehead atoms. The number of nitrogens with zero attached hydrogens (tertiary/aromatic N) is 1. The number of hydrogen-bond acceptors (Lipinski definition) is 5. The molecule has 0 aliphatic heterocycles. The van der Waals surface area contributed by atoms with Crippen LogP contribution in [-0.2, 0) is 0 Å². The molecule has 0 radical (unpaired) electrons. The number of aliphatic hydroxyl groups excluding tert-OH is 1. The number of anilines is 1. The number of benzene rings is 1. The van der Waals surface area contributed by atoms with E-state index in [1.54, 1.807) is 24.3 Å². The lowest BCUT2D eigenvalue weighted by Crippen LogP contribution is -2.13. The summed E-state index contributed by atoms with van der Waals surface area (Å²) in [4.78, 5) is 11.7. The fourth-order valence-corrected chi connectivity index (χ4v) is 1.67. The largest absolute Gasteiger partial charge is 0.422 e. The fourth-order valence-electron chi connectivity index (χ4n) is 1.67. The Morgan fingerprint density at radius 2 is 2.05 bits per heavy atom. The lowest BCUT2D eigenvalue weighted by atomic mass is 10.1. The van der Waals surface area contributed by atoms with Gasteiger partial charge in [-0.1, -0.05) is 30.3 Å². The van der Waals surface area contributed by atoms with Crippen molar-refractivity contribution < 1.29 is 9.52 Å². The Balaban J connectivity index is 2.51. The maximum absolute atomic E-state index is 11.7. The summed E-state index contributed by atoms with van der Waals surface area (Å²) in [6.07, 6.45) is 0. The van der Waals surface area contributed by atoms with Crippen molar-refractivity contribution in [3.63, 3.8) is 0 Å². The normalized spacial score (nSPS) is 9.89. The minimum Gasteiger partial charge on any atom is -0.422 e. The van der Waals surface area contributed by atoms with Gasteiger partial charge in [-0.2, -0.15) is 5.26 Å². The number of aliphatic hydroxyl groups is 1. The van der Waals surface area contributed by atoms with E-state index in [1.807, 2.05) is 18.2 Å². The number of nitriles is 1. The first-order chi connectivity index (χ1) is 9.26. The maximum atomic E-state index is 11.7. The monoisotopic (exact) mass is 256 g/mol. The van der Waals surface area contributed by atoms with Crippen LogP contribution in [0.3, 0.4) is 0 Å². The van der Waals surface area contributed by atoms with E-state index >= 15 is 0 Å². The molecule has 2 N–H and O–H groups in total. The van der Waals surface area contributed by atoms with Gasteiger partial charge in [0.1, 0.15) is 11.8 Å². The van der Waals surface area contributed by atoms with Crippen molar-refractivity contribution in [2.45, 2.75) is 0 Å². The van der Waals surface area contributed by atoms with Crippen LogP contribution in [0.5, 0.6) is 0 Å². The van der Waals surface area contributed by atoms with Gasteiger partial charge in [0, 0.05) is 18.2 Å². The number of rotatable bonds is 4. The molecule has 2 rings (SSSR count). The molecule has 0 atom stereocenters. The highest BCUT2D eigenvalue weighted by atomic mass is 16.4. The van der Waals surface area contributed by atoms with Crippen molar-refractivity contribution in [3.8, 4) is 17.4 Å². The van der Waals surface area contributed by atoms with Crippen molar-refractivity contribution in [1.82, 2.24) is 0 Å².